The van der Waals surface area contributed by atoms with Gasteiger partial charge in [0.2, 0.25) is 0 Å². The Labute approximate surface area is 210 Å². The summed E-state index contributed by atoms with van der Waals surface area (Å²) in [6, 6.07) is 7.66. The second-order valence-electron chi connectivity index (χ2n) is 10.6. The molecule has 5 rings (SSSR count). The normalized spacial score (nSPS) is 19.4. The Morgan fingerprint density at radius 1 is 1.14 bits per heavy atom. The molecule has 0 N–H and O–H groups in total. The number of pyridine rings is 1. The fourth-order valence-corrected chi connectivity index (χ4v) is 5.88. The van der Waals surface area contributed by atoms with E-state index in [-0.39, 0.29) is 24.2 Å². The van der Waals surface area contributed by atoms with Crippen LogP contribution in [0.25, 0.3) is 5.57 Å². The lowest BCUT2D eigenvalue weighted by Gasteiger charge is -2.39. The van der Waals surface area contributed by atoms with Gasteiger partial charge in [0.15, 0.2) is 0 Å². The average Bonchev–Trinajstić information content (AvgIpc) is 3.35. The Balaban J connectivity index is 1.26. The van der Waals surface area contributed by atoms with E-state index in [0.717, 1.165) is 64.4 Å². The van der Waals surface area contributed by atoms with Gasteiger partial charge in [-0.1, -0.05) is 24.5 Å². The number of rotatable bonds is 7. The zero-order chi connectivity index (χ0) is 25.4. The van der Waals surface area contributed by atoms with Crippen molar-refractivity contribution in [2.24, 2.45) is 5.92 Å². The molecule has 36 heavy (non-hydrogen) atoms. The molecular formula is C29H33F3N2O2. The second kappa shape index (κ2) is 10.0. The van der Waals surface area contributed by atoms with Gasteiger partial charge in [-0.25, -0.2) is 0 Å². The van der Waals surface area contributed by atoms with Crippen molar-refractivity contribution in [2.75, 3.05) is 19.6 Å². The van der Waals surface area contributed by atoms with E-state index in [9.17, 15) is 18.0 Å². The van der Waals surface area contributed by atoms with Gasteiger partial charge >= 0.3 is 6.18 Å². The summed E-state index contributed by atoms with van der Waals surface area (Å²) in [5.41, 5.74) is 5.45. The molecule has 2 aliphatic carbocycles. The molecule has 2 fully saturated rings. The number of ether oxygens (including phenoxy) is 1. The third-order valence-electron chi connectivity index (χ3n) is 8.13. The Kier molecular flexibility index (Phi) is 6.95. The number of hydrogen-bond acceptors (Lipinski definition) is 4. The lowest BCUT2D eigenvalue weighted by Crippen LogP contribution is -2.50. The molecule has 192 valence electrons. The van der Waals surface area contributed by atoms with Gasteiger partial charge in [0.25, 0.3) is 0 Å². The average molecular weight is 499 g/mol. The highest BCUT2D eigenvalue weighted by atomic mass is 19.4. The molecule has 1 aromatic heterocycles. The lowest BCUT2D eigenvalue weighted by molar-refractivity contribution is -0.138. The number of nitrogens with zero attached hydrogens (tertiary/aromatic N) is 2. The van der Waals surface area contributed by atoms with E-state index >= 15 is 0 Å². The molecule has 0 radical (unpaired) electrons. The Hall–Kier alpha value is -2.67. The monoisotopic (exact) mass is 498 g/mol. The van der Waals surface area contributed by atoms with Gasteiger partial charge in [-0.05, 0) is 85.9 Å². The molecule has 0 bridgehead atoms. The van der Waals surface area contributed by atoms with Gasteiger partial charge in [-0.3, -0.25) is 14.7 Å². The van der Waals surface area contributed by atoms with E-state index in [1.165, 1.54) is 22.3 Å². The number of carbonyl (C=O) groups excluding carboxylic acids is 1. The number of fused-ring (bicyclic) bond motifs is 1. The highest BCUT2D eigenvalue weighted by Gasteiger charge is 2.36. The lowest BCUT2D eigenvalue weighted by atomic mass is 9.85. The van der Waals surface area contributed by atoms with E-state index in [4.69, 9.17) is 4.74 Å². The molecule has 2 heterocycles. The summed E-state index contributed by atoms with van der Waals surface area (Å²) in [4.78, 5) is 17.9. The highest BCUT2D eigenvalue weighted by molar-refractivity contribution is 5.79. The Morgan fingerprint density at radius 2 is 1.89 bits per heavy atom. The first kappa shape index (κ1) is 25.0. The molecule has 0 spiro atoms. The number of allylic oxidation sites excluding steroid dienone is 1. The number of halogens is 3. The number of ketones is 1. The number of alkyl halides is 3. The summed E-state index contributed by atoms with van der Waals surface area (Å²) < 4.78 is 46.7. The van der Waals surface area contributed by atoms with Gasteiger partial charge < -0.3 is 4.74 Å². The molecule has 1 saturated carbocycles. The van der Waals surface area contributed by atoms with Crippen LogP contribution in [-0.2, 0) is 24.0 Å². The van der Waals surface area contributed by atoms with Gasteiger partial charge in [-0.15, -0.1) is 0 Å². The van der Waals surface area contributed by atoms with Crippen LogP contribution in [0.3, 0.4) is 0 Å². The summed E-state index contributed by atoms with van der Waals surface area (Å²) in [5.74, 6) is 1.12. The molecule has 1 aliphatic heterocycles. The summed E-state index contributed by atoms with van der Waals surface area (Å²) in [5, 5.41) is 0. The van der Waals surface area contributed by atoms with Crippen molar-refractivity contribution >= 4 is 11.4 Å². The second-order valence-corrected chi connectivity index (χ2v) is 10.6. The number of hydrogen-bond donors (Lipinski definition) is 0. The van der Waals surface area contributed by atoms with Crippen molar-refractivity contribution in [3.8, 4) is 5.75 Å². The van der Waals surface area contributed by atoms with Crippen LogP contribution in [-0.4, -0.2) is 35.3 Å². The van der Waals surface area contributed by atoms with Crippen LogP contribution in [0.4, 0.5) is 13.2 Å². The van der Waals surface area contributed by atoms with Crippen LogP contribution in [0.2, 0.25) is 0 Å². The molecule has 3 aliphatic rings. The minimum absolute atomic E-state index is 0.0549. The van der Waals surface area contributed by atoms with E-state index in [1.54, 1.807) is 13.0 Å². The van der Waals surface area contributed by atoms with E-state index < -0.39 is 11.7 Å². The molecule has 0 unspecified atom stereocenters. The van der Waals surface area contributed by atoms with Crippen molar-refractivity contribution in [1.29, 1.82) is 0 Å². The maximum absolute atomic E-state index is 13.6. The number of aromatic nitrogens is 1. The van der Waals surface area contributed by atoms with Crippen molar-refractivity contribution in [2.45, 2.75) is 71.1 Å². The van der Waals surface area contributed by atoms with Crippen LogP contribution in [0.1, 0.15) is 79.8 Å². The molecule has 0 atom stereocenters. The van der Waals surface area contributed by atoms with Crippen LogP contribution >= 0.6 is 0 Å². The van der Waals surface area contributed by atoms with Gasteiger partial charge in [0, 0.05) is 31.7 Å². The maximum Gasteiger partial charge on any atom is 0.418 e. The molecule has 1 saturated heterocycles. The van der Waals surface area contributed by atoms with E-state index in [0.29, 0.717) is 17.0 Å². The molecule has 1 aromatic carbocycles. The van der Waals surface area contributed by atoms with Crippen molar-refractivity contribution < 1.29 is 22.7 Å². The largest absolute Gasteiger partial charge is 0.487 e. The van der Waals surface area contributed by atoms with Gasteiger partial charge in [0.05, 0.1) is 11.3 Å². The topological polar surface area (TPSA) is 42.4 Å². The van der Waals surface area contributed by atoms with Crippen LogP contribution in [0, 0.1) is 5.92 Å². The highest BCUT2D eigenvalue weighted by Crippen LogP contribution is 2.41. The number of aryl methyl sites for hydroxylation is 1. The zero-order valence-electron chi connectivity index (χ0n) is 21.0. The molecule has 2 aromatic rings. The molecule has 7 heteroatoms. The minimum atomic E-state index is -4.39. The van der Waals surface area contributed by atoms with Crippen LogP contribution in [0.15, 0.2) is 36.0 Å². The SMILES string of the molecule is CC(=O)C1CN(CC2=C(C)c3ccc(OCc4cc(C5CCCC5)c(C(F)(F)F)cn4)cc3CC2)C1. The fourth-order valence-electron chi connectivity index (χ4n) is 5.88. The predicted octanol–water partition coefficient (Wildman–Crippen LogP) is 6.58. The van der Waals surface area contributed by atoms with Crippen molar-refractivity contribution in [3.63, 3.8) is 0 Å². The molecular weight excluding hydrogens is 465 g/mol. The zero-order valence-corrected chi connectivity index (χ0v) is 21.0. The maximum atomic E-state index is 13.6. The van der Waals surface area contributed by atoms with E-state index in [1.807, 2.05) is 12.1 Å². The number of likely N-dealkylation sites (tertiary alicyclic amines) is 1. The first-order valence-electron chi connectivity index (χ1n) is 12.9. The minimum Gasteiger partial charge on any atom is -0.487 e. The summed E-state index contributed by atoms with van der Waals surface area (Å²) >= 11 is 0. The summed E-state index contributed by atoms with van der Waals surface area (Å²) in [6.45, 7) is 6.59. The van der Waals surface area contributed by atoms with Crippen LogP contribution in [0.5, 0.6) is 5.75 Å². The first-order chi connectivity index (χ1) is 17.2. The fraction of sp³-hybridized carbons (Fsp3) is 0.517. The Morgan fingerprint density at radius 3 is 2.58 bits per heavy atom. The Bertz CT molecular complexity index is 1180. The van der Waals surface area contributed by atoms with E-state index in [2.05, 4.69) is 22.9 Å². The van der Waals surface area contributed by atoms with Gasteiger partial charge in [-0.2, -0.15) is 13.2 Å². The third kappa shape index (κ3) is 5.22. The molecule has 4 nitrogen and oxygen atoms in total. The van der Waals surface area contributed by atoms with Crippen LogP contribution < -0.4 is 4.74 Å². The first-order valence-corrected chi connectivity index (χ1v) is 12.9. The van der Waals surface area contributed by atoms with Gasteiger partial charge in [0.1, 0.15) is 18.1 Å². The third-order valence-corrected chi connectivity index (χ3v) is 8.13. The number of carbonyl (C=O) groups is 1. The summed E-state index contributed by atoms with van der Waals surface area (Å²) in [6.07, 6.45) is 2.02. The quantitative estimate of drug-likeness (QED) is 0.433. The smallest absolute Gasteiger partial charge is 0.418 e. The number of Topliss-reactive ketones (excluding diaryl/α,β-unsaturated/α-hetero) is 1. The molecule has 0 amide bonds. The predicted molar refractivity (Wildman–Crippen MR) is 133 cm³/mol. The number of benzene rings is 1. The standard InChI is InChI=1S/C29H33F3N2O2/c1-18-22(14-34-15-23(16-34)19(2)35)8-7-21-11-25(9-10-26(18)21)36-17-24-12-27(20-5-3-4-6-20)28(13-33-24)29(30,31)32/h9-13,20,23H,3-8,14-17H2,1-2H3. The van der Waals surface area contributed by atoms with Crippen molar-refractivity contribution in [1.82, 2.24) is 9.88 Å². The summed E-state index contributed by atoms with van der Waals surface area (Å²) in [7, 11) is 0. The van der Waals surface area contributed by atoms with Crippen molar-refractivity contribution in [3.05, 3.63) is 64.0 Å².